The summed E-state index contributed by atoms with van der Waals surface area (Å²) in [7, 11) is 0. The third-order valence-electron chi connectivity index (χ3n) is 4.73. The summed E-state index contributed by atoms with van der Waals surface area (Å²) in [6, 6.07) is 14.5. The molecule has 0 aliphatic heterocycles. The van der Waals surface area contributed by atoms with Gasteiger partial charge in [0.2, 0.25) is 0 Å². The van der Waals surface area contributed by atoms with Crippen molar-refractivity contribution in [3.05, 3.63) is 70.4 Å². The van der Waals surface area contributed by atoms with Crippen LogP contribution in [0.3, 0.4) is 0 Å². The summed E-state index contributed by atoms with van der Waals surface area (Å²) >= 11 is 6.18. The lowest BCUT2D eigenvalue weighted by molar-refractivity contribution is -0.148. The van der Waals surface area contributed by atoms with Crippen LogP contribution in [0.4, 0.5) is 10.5 Å². The van der Waals surface area contributed by atoms with E-state index in [2.05, 4.69) is 10.5 Å². The Morgan fingerprint density at radius 1 is 1.15 bits per heavy atom. The first kappa shape index (κ1) is 24.3. The molecule has 0 aliphatic rings. The maximum atomic E-state index is 12.5. The molecule has 1 aromatic heterocycles. The molecule has 2 aromatic carbocycles. The van der Waals surface area contributed by atoms with E-state index < -0.39 is 18.2 Å². The first-order valence-electron chi connectivity index (χ1n) is 10.4. The molecular formula is C24H25ClN2O6. The molecule has 3 rings (SSSR count). The van der Waals surface area contributed by atoms with Gasteiger partial charge in [0.15, 0.2) is 5.76 Å². The summed E-state index contributed by atoms with van der Waals surface area (Å²) in [5.41, 5.74) is 3.20. The fourth-order valence-electron chi connectivity index (χ4n) is 3.08. The fraction of sp³-hybridized carbons (Fsp3) is 0.292. The molecule has 1 atom stereocenters. The van der Waals surface area contributed by atoms with Gasteiger partial charge in [-0.3, -0.25) is 5.32 Å². The van der Waals surface area contributed by atoms with E-state index in [1.54, 1.807) is 32.9 Å². The number of amides is 1. The molecule has 1 N–H and O–H groups in total. The molecular weight excluding hydrogens is 448 g/mol. The number of aryl methyl sites for hydroxylation is 1. The molecule has 1 amide bonds. The molecule has 1 heterocycles. The van der Waals surface area contributed by atoms with E-state index in [1.807, 2.05) is 36.4 Å². The second-order valence-electron chi connectivity index (χ2n) is 7.16. The molecule has 0 bridgehead atoms. The van der Waals surface area contributed by atoms with Crippen molar-refractivity contribution in [2.75, 3.05) is 18.5 Å². The first-order chi connectivity index (χ1) is 15.9. The third-order valence-corrected chi connectivity index (χ3v) is 5.07. The van der Waals surface area contributed by atoms with Gasteiger partial charge in [-0.1, -0.05) is 59.2 Å². The highest BCUT2D eigenvalue weighted by atomic mass is 35.5. The monoisotopic (exact) mass is 472 g/mol. The lowest BCUT2D eigenvalue weighted by Gasteiger charge is -2.15. The van der Waals surface area contributed by atoms with Crippen molar-refractivity contribution in [3.8, 4) is 11.3 Å². The molecule has 1 unspecified atom stereocenters. The Bertz CT molecular complexity index is 1100. The summed E-state index contributed by atoms with van der Waals surface area (Å²) in [5, 5.41) is 7.20. The Labute approximate surface area is 196 Å². The zero-order valence-electron chi connectivity index (χ0n) is 18.6. The minimum absolute atomic E-state index is 0.111. The SMILES string of the molecule is CCOC(=O)COCc1ccc(-c2onc(C)c2NC(=O)OC(C)c2ccccc2Cl)cc1. The van der Waals surface area contributed by atoms with E-state index in [4.69, 9.17) is 30.3 Å². The van der Waals surface area contributed by atoms with Crippen molar-refractivity contribution >= 4 is 29.4 Å². The van der Waals surface area contributed by atoms with Crippen molar-refractivity contribution in [3.63, 3.8) is 0 Å². The topological polar surface area (TPSA) is 99.9 Å². The maximum absolute atomic E-state index is 12.5. The number of nitrogens with one attached hydrogen (secondary N) is 1. The van der Waals surface area contributed by atoms with Crippen LogP contribution in [-0.4, -0.2) is 30.4 Å². The number of rotatable bonds is 9. The number of ether oxygens (including phenoxy) is 3. The minimum atomic E-state index is -0.654. The van der Waals surface area contributed by atoms with E-state index >= 15 is 0 Å². The number of anilines is 1. The number of benzene rings is 2. The van der Waals surface area contributed by atoms with Crippen LogP contribution in [0.2, 0.25) is 5.02 Å². The van der Waals surface area contributed by atoms with E-state index in [-0.39, 0.29) is 13.2 Å². The van der Waals surface area contributed by atoms with Gasteiger partial charge in [0.25, 0.3) is 0 Å². The number of carbonyl (C=O) groups excluding carboxylic acids is 2. The molecule has 9 heteroatoms. The zero-order chi connectivity index (χ0) is 23.8. The maximum Gasteiger partial charge on any atom is 0.412 e. The zero-order valence-corrected chi connectivity index (χ0v) is 19.3. The van der Waals surface area contributed by atoms with Gasteiger partial charge in [0.1, 0.15) is 24.1 Å². The minimum Gasteiger partial charge on any atom is -0.464 e. The first-order valence-corrected chi connectivity index (χ1v) is 10.8. The van der Waals surface area contributed by atoms with Gasteiger partial charge in [-0.25, -0.2) is 9.59 Å². The van der Waals surface area contributed by atoms with Gasteiger partial charge in [-0.2, -0.15) is 0 Å². The Morgan fingerprint density at radius 3 is 2.58 bits per heavy atom. The second-order valence-corrected chi connectivity index (χ2v) is 7.57. The lowest BCUT2D eigenvalue weighted by Crippen LogP contribution is -2.17. The molecule has 0 radical (unpaired) electrons. The Kier molecular flexibility index (Phi) is 8.46. The van der Waals surface area contributed by atoms with Gasteiger partial charge in [-0.05, 0) is 32.4 Å². The molecule has 174 valence electrons. The summed E-state index contributed by atoms with van der Waals surface area (Å²) in [4.78, 5) is 23.9. The number of hydrogen-bond acceptors (Lipinski definition) is 7. The van der Waals surface area contributed by atoms with E-state index in [1.165, 1.54) is 0 Å². The van der Waals surface area contributed by atoms with Gasteiger partial charge in [0, 0.05) is 16.1 Å². The highest BCUT2D eigenvalue weighted by molar-refractivity contribution is 6.31. The van der Waals surface area contributed by atoms with Crippen LogP contribution in [0, 0.1) is 6.92 Å². The molecule has 8 nitrogen and oxygen atoms in total. The average Bonchev–Trinajstić information content (AvgIpc) is 3.14. The van der Waals surface area contributed by atoms with E-state index in [9.17, 15) is 9.59 Å². The number of carbonyl (C=O) groups is 2. The molecule has 33 heavy (non-hydrogen) atoms. The molecule has 3 aromatic rings. The second kappa shape index (κ2) is 11.5. The Hall–Kier alpha value is -3.36. The normalized spacial score (nSPS) is 11.6. The molecule has 0 aliphatic carbocycles. The van der Waals surface area contributed by atoms with Crippen LogP contribution in [0.15, 0.2) is 53.1 Å². The average molecular weight is 473 g/mol. The smallest absolute Gasteiger partial charge is 0.412 e. The standard InChI is InChI=1S/C24H25ClN2O6/c1-4-31-21(28)14-30-13-17-9-11-18(12-10-17)23-22(15(2)27-33-23)26-24(29)32-16(3)19-7-5-6-8-20(19)25/h5-12,16H,4,13-14H2,1-3H3,(H,26,29). The molecule has 0 saturated heterocycles. The third kappa shape index (κ3) is 6.57. The predicted molar refractivity (Wildman–Crippen MR) is 123 cm³/mol. The van der Waals surface area contributed by atoms with E-state index in [0.29, 0.717) is 39.9 Å². The molecule has 0 fully saturated rings. The van der Waals surface area contributed by atoms with Crippen LogP contribution in [-0.2, 0) is 25.6 Å². The van der Waals surface area contributed by atoms with Crippen LogP contribution < -0.4 is 5.32 Å². The number of hydrogen-bond donors (Lipinski definition) is 1. The van der Waals surface area contributed by atoms with Gasteiger partial charge in [-0.15, -0.1) is 0 Å². The summed E-state index contributed by atoms with van der Waals surface area (Å²) in [6.45, 7) is 5.66. The van der Waals surface area contributed by atoms with Crippen molar-refractivity contribution in [1.29, 1.82) is 0 Å². The lowest BCUT2D eigenvalue weighted by atomic mass is 10.1. The van der Waals surface area contributed by atoms with Gasteiger partial charge in [0.05, 0.1) is 13.2 Å². The highest BCUT2D eigenvalue weighted by Gasteiger charge is 2.20. The number of esters is 1. The number of aromatic nitrogens is 1. The van der Waals surface area contributed by atoms with Crippen molar-refractivity contribution in [1.82, 2.24) is 5.16 Å². The van der Waals surface area contributed by atoms with Crippen LogP contribution >= 0.6 is 11.6 Å². The van der Waals surface area contributed by atoms with Crippen molar-refractivity contribution in [2.24, 2.45) is 0 Å². The number of halogens is 1. The van der Waals surface area contributed by atoms with E-state index in [0.717, 1.165) is 5.56 Å². The number of nitrogens with zero attached hydrogens (tertiary/aromatic N) is 1. The van der Waals surface area contributed by atoms with Gasteiger partial charge >= 0.3 is 12.1 Å². The largest absolute Gasteiger partial charge is 0.464 e. The predicted octanol–water partition coefficient (Wildman–Crippen LogP) is 5.69. The van der Waals surface area contributed by atoms with Gasteiger partial charge < -0.3 is 18.7 Å². The molecule has 0 spiro atoms. The summed E-state index contributed by atoms with van der Waals surface area (Å²) in [6.07, 6.45) is -1.20. The quantitative estimate of drug-likeness (QED) is 0.399. The van der Waals surface area contributed by atoms with Crippen molar-refractivity contribution in [2.45, 2.75) is 33.5 Å². The van der Waals surface area contributed by atoms with Crippen LogP contribution in [0.25, 0.3) is 11.3 Å². The van der Waals surface area contributed by atoms with Crippen LogP contribution in [0.1, 0.15) is 36.8 Å². The van der Waals surface area contributed by atoms with Crippen molar-refractivity contribution < 1.29 is 28.3 Å². The highest BCUT2D eigenvalue weighted by Crippen LogP contribution is 2.32. The summed E-state index contributed by atoms with van der Waals surface area (Å²) < 4.78 is 21.1. The Balaban J connectivity index is 1.64. The Morgan fingerprint density at radius 2 is 1.88 bits per heavy atom. The fourth-order valence-corrected chi connectivity index (χ4v) is 3.37. The molecule has 0 saturated carbocycles. The van der Waals surface area contributed by atoms with Crippen LogP contribution in [0.5, 0.6) is 0 Å². The summed E-state index contributed by atoms with van der Waals surface area (Å²) in [5.74, 6) is -0.00782.